The summed E-state index contributed by atoms with van der Waals surface area (Å²) in [7, 11) is 1.85. The van der Waals surface area contributed by atoms with Crippen molar-refractivity contribution in [1.82, 2.24) is 14.8 Å². The smallest absolute Gasteiger partial charge is 0.190 e. The minimum Gasteiger partial charge on any atom is -0.326 e. The van der Waals surface area contributed by atoms with E-state index < -0.39 is 0 Å². The van der Waals surface area contributed by atoms with Gasteiger partial charge in [-0.05, 0) is 29.5 Å². The molecule has 4 nitrogen and oxygen atoms in total. The maximum atomic E-state index is 6.07. The summed E-state index contributed by atoms with van der Waals surface area (Å²) in [6.45, 7) is 0.417. The van der Waals surface area contributed by atoms with Gasteiger partial charge in [-0.2, -0.15) is 5.10 Å². The fourth-order valence-electron chi connectivity index (χ4n) is 1.31. The zero-order valence-electron chi connectivity index (χ0n) is 8.72. The molecule has 0 aliphatic heterocycles. The number of nitrogens with two attached hydrogens (primary N) is 1. The van der Waals surface area contributed by atoms with E-state index in [9.17, 15) is 0 Å². The molecule has 0 atom stereocenters. The van der Waals surface area contributed by atoms with Gasteiger partial charge < -0.3 is 5.73 Å². The molecule has 0 fully saturated rings. The van der Waals surface area contributed by atoms with Crippen molar-refractivity contribution in [2.45, 2.75) is 16.6 Å². The molecule has 1 aromatic carbocycles. The van der Waals surface area contributed by atoms with Gasteiger partial charge in [0.25, 0.3) is 0 Å². The quantitative estimate of drug-likeness (QED) is 0.911. The van der Waals surface area contributed by atoms with E-state index in [1.807, 2.05) is 25.2 Å². The van der Waals surface area contributed by atoms with E-state index in [2.05, 4.69) is 10.1 Å². The summed E-state index contributed by atoms with van der Waals surface area (Å²) >= 11 is 7.58. The minimum atomic E-state index is 0.417. The van der Waals surface area contributed by atoms with Gasteiger partial charge in [-0.3, -0.25) is 0 Å². The van der Waals surface area contributed by atoms with Crippen molar-refractivity contribution in [2.24, 2.45) is 12.8 Å². The summed E-state index contributed by atoms with van der Waals surface area (Å²) in [4.78, 5) is 5.17. The van der Waals surface area contributed by atoms with Crippen LogP contribution in [-0.4, -0.2) is 14.8 Å². The van der Waals surface area contributed by atoms with Crippen LogP contribution in [0.25, 0.3) is 0 Å². The van der Waals surface area contributed by atoms with Crippen LogP contribution >= 0.6 is 23.4 Å². The van der Waals surface area contributed by atoms with Crippen LogP contribution in [0.3, 0.4) is 0 Å². The predicted molar refractivity (Wildman–Crippen MR) is 64.5 cm³/mol. The van der Waals surface area contributed by atoms with Gasteiger partial charge in [0.15, 0.2) is 5.16 Å². The lowest BCUT2D eigenvalue weighted by atomic mass is 10.2. The highest BCUT2D eigenvalue weighted by atomic mass is 35.5. The number of rotatable bonds is 3. The van der Waals surface area contributed by atoms with Crippen molar-refractivity contribution in [3.05, 3.63) is 35.1 Å². The Morgan fingerprint density at radius 1 is 1.50 bits per heavy atom. The zero-order chi connectivity index (χ0) is 11.5. The topological polar surface area (TPSA) is 56.7 Å². The second-order valence-corrected chi connectivity index (χ2v) is 4.61. The monoisotopic (exact) mass is 254 g/mol. The predicted octanol–water partition coefficient (Wildman–Crippen LogP) is 2.08. The SMILES string of the molecule is Cn1ncnc1Sc1cccc(Cl)c1CN. The van der Waals surface area contributed by atoms with E-state index in [4.69, 9.17) is 17.3 Å². The fourth-order valence-corrected chi connectivity index (χ4v) is 2.56. The number of hydrogen-bond acceptors (Lipinski definition) is 4. The molecule has 0 saturated carbocycles. The van der Waals surface area contributed by atoms with Crippen molar-refractivity contribution in [1.29, 1.82) is 0 Å². The summed E-state index contributed by atoms with van der Waals surface area (Å²) in [6.07, 6.45) is 1.52. The Balaban J connectivity index is 2.35. The Hall–Kier alpha value is -1.04. The van der Waals surface area contributed by atoms with Gasteiger partial charge in [-0.15, -0.1) is 0 Å². The number of nitrogens with zero attached hydrogens (tertiary/aromatic N) is 3. The number of aromatic nitrogens is 3. The number of aryl methyl sites for hydroxylation is 1. The fraction of sp³-hybridized carbons (Fsp3) is 0.200. The van der Waals surface area contributed by atoms with Crippen LogP contribution in [0.1, 0.15) is 5.56 Å². The summed E-state index contributed by atoms with van der Waals surface area (Å²) < 4.78 is 1.71. The van der Waals surface area contributed by atoms with Gasteiger partial charge in [0, 0.05) is 23.5 Å². The third kappa shape index (κ3) is 2.21. The van der Waals surface area contributed by atoms with Crippen LogP contribution in [0, 0.1) is 0 Å². The van der Waals surface area contributed by atoms with Crippen LogP contribution in [0.5, 0.6) is 0 Å². The van der Waals surface area contributed by atoms with Gasteiger partial charge in [-0.1, -0.05) is 17.7 Å². The lowest BCUT2D eigenvalue weighted by molar-refractivity contribution is 0.685. The summed E-state index contributed by atoms with van der Waals surface area (Å²) in [5, 5.41) is 5.52. The van der Waals surface area contributed by atoms with Crippen molar-refractivity contribution >= 4 is 23.4 Å². The second-order valence-electron chi connectivity index (χ2n) is 3.19. The molecule has 0 radical (unpaired) electrons. The molecule has 0 saturated heterocycles. The van der Waals surface area contributed by atoms with Gasteiger partial charge in [0.2, 0.25) is 0 Å². The van der Waals surface area contributed by atoms with Crippen LogP contribution in [-0.2, 0) is 13.6 Å². The lowest BCUT2D eigenvalue weighted by Gasteiger charge is -2.08. The zero-order valence-corrected chi connectivity index (χ0v) is 10.3. The van der Waals surface area contributed by atoms with E-state index in [1.54, 1.807) is 4.68 Å². The maximum Gasteiger partial charge on any atom is 0.190 e. The number of hydrogen-bond donors (Lipinski definition) is 1. The first-order valence-corrected chi connectivity index (χ1v) is 5.91. The van der Waals surface area contributed by atoms with Crippen molar-refractivity contribution < 1.29 is 0 Å². The summed E-state index contributed by atoms with van der Waals surface area (Å²) in [5.74, 6) is 0. The molecular weight excluding hydrogens is 244 g/mol. The largest absolute Gasteiger partial charge is 0.326 e. The first kappa shape index (κ1) is 11.4. The second kappa shape index (κ2) is 4.86. The molecule has 2 N–H and O–H groups in total. The third-order valence-corrected chi connectivity index (χ3v) is 3.66. The van der Waals surface area contributed by atoms with E-state index >= 15 is 0 Å². The van der Waals surface area contributed by atoms with E-state index in [0.717, 1.165) is 15.6 Å². The lowest BCUT2D eigenvalue weighted by Crippen LogP contribution is -2.00. The number of halogens is 1. The molecule has 2 aromatic rings. The summed E-state index contributed by atoms with van der Waals surface area (Å²) in [5.41, 5.74) is 6.62. The Morgan fingerprint density at radius 2 is 2.31 bits per heavy atom. The third-order valence-electron chi connectivity index (χ3n) is 2.15. The Bertz CT molecular complexity index is 497. The highest BCUT2D eigenvalue weighted by molar-refractivity contribution is 7.99. The van der Waals surface area contributed by atoms with E-state index in [0.29, 0.717) is 11.6 Å². The van der Waals surface area contributed by atoms with Gasteiger partial charge in [0.05, 0.1) is 0 Å². The molecule has 0 bridgehead atoms. The Kier molecular flexibility index (Phi) is 3.48. The van der Waals surface area contributed by atoms with Crippen molar-refractivity contribution in [3.8, 4) is 0 Å². The molecule has 0 amide bonds. The standard InChI is InChI=1S/C10H11ClN4S/c1-15-10(13-6-14-15)16-9-4-2-3-8(11)7(9)5-12/h2-4,6H,5,12H2,1H3. The van der Waals surface area contributed by atoms with Crippen LogP contribution in [0.4, 0.5) is 0 Å². The molecule has 6 heteroatoms. The van der Waals surface area contributed by atoms with Crippen molar-refractivity contribution in [3.63, 3.8) is 0 Å². The van der Waals surface area contributed by atoms with Crippen LogP contribution < -0.4 is 5.73 Å². The van der Waals surface area contributed by atoms with Crippen molar-refractivity contribution in [2.75, 3.05) is 0 Å². The first-order chi connectivity index (χ1) is 7.72. The van der Waals surface area contributed by atoms with Gasteiger partial charge in [-0.25, -0.2) is 9.67 Å². The Labute approximate surface area is 103 Å². The van der Waals surface area contributed by atoms with Crippen LogP contribution in [0.15, 0.2) is 34.6 Å². The number of benzene rings is 1. The molecule has 0 aliphatic carbocycles. The van der Waals surface area contributed by atoms with Gasteiger partial charge >= 0.3 is 0 Å². The highest BCUT2D eigenvalue weighted by Crippen LogP contribution is 2.31. The highest BCUT2D eigenvalue weighted by Gasteiger charge is 2.09. The van der Waals surface area contributed by atoms with Gasteiger partial charge in [0.1, 0.15) is 6.33 Å². The molecule has 0 unspecified atom stereocenters. The van der Waals surface area contributed by atoms with Crippen LogP contribution in [0.2, 0.25) is 5.02 Å². The summed E-state index contributed by atoms with van der Waals surface area (Å²) in [6, 6.07) is 5.72. The first-order valence-electron chi connectivity index (χ1n) is 4.71. The minimum absolute atomic E-state index is 0.417. The maximum absolute atomic E-state index is 6.07. The normalized spacial score (nSPS) is 10.7. The molecule has 0 aliphatic rings. The molecule has 1 aromatic heterocycles. The molecule has 2 rings (SSSR count). The molecule has 16 heavy (non-hydrogen) atoms. The molecule has 84 valence electrons. The van der Waals surface area contributed by atoms with E-state index in [-0.39, 0.29) is 0 Å². The molecule has 1 heterocycles. The van der Waals surface area contributed by atoms with E-state index in [1.165, 1.54) is 18.1 Å². The Morgan fingerprint density at radius 3 is 2.94 bits per heavy atom. The average molecular weight is 255 g/mol. The molecular formula is C10H11ClN4S. The average Bonchev–Trinajstić information content (AvgIpc) is 2.65. The molecule has 0 spiro atoms.